The first-order valence-corrected chi connectivity index (χ1v) is 9.03. The highest BCUT2D eigenvalue weighted by Crippen LogP contribution is 2.38. The van der Waals surface area contributed by atoms with E-state index in [1.54, 1.807) is 39.5 Å². The maximum atomic E-state index is 11.9. The second-order valence-corrected chi connectivity index (χ2v) is 5.93. The van der Waals surface area contributed by atoms with E-state index in [0.717, 1.165) is 44.1 Å². The first-order valence-electron chi connectivity index (χ1n) is 9.03. The van der Waals surface area contributed by atoms with Crippen LogP contribution < -0.4 is 19.5 Å². The van der Waals surface area contributed by atoms with Crippen molar-refractivity contribution in [3.63, 3.8) is 0 Å². The summed E-state index contributed by atoms with van der Waals surface area (Å²) in [5.74, 6) is 1.50. The van der Waals surface area contributed by atoms with E-state index in [1.807, 2.05) is 0 Å². The molecule has 1 aromatic carbocycles. The van der Waals surface area contributed by atoms with E-state index >= 15 is 0 Å². The minimum absolute atomic E-state index is 0.126. The van der Waals surface area contributed by atoms with Gasteiger partial charge in [-0.05, 0) is 36.6 Å². The van der Waals surface area contributed by atoms with Crippen molar-refractivity contribution < 1.29 is 24.1 Å². The van der Waals surface area contributed by atoms with Gasteiger partial charge >= 0.3 is 0 Å². The number of aliphatic hydroxyl groups excluding tert-OH is 1. The Labute approximate surface area is 156 Å². The lowest BCUT2D eigenvalue weighted by Gasteiger charge is -2.12. The van der Waals surface area contributed by atoms with Crippen molar-refractivity contribution in [3.8, 4) is 17.2 Å². The predicted octanol–water partition coefficient (Wildman–Crippen LogP) is 3.17. The van der Waals surface area contributed by atoms with E-state index < -0.39 is 0 Å². The van der Waals surface area contributed by atoms with E-state index in [2.05, 4.69) is 5.32 Å². The molecule has 0 aliphatic carbocycles. The smallest absolute Gasteiger partial charge is 0.243 e. The summed E-state index contributed by atoms with van der Waals surface area (Å²) >= 11 is 0. The maximum Gasteiger partial charge on any atom is 0.243 e. The number of ether oxygens (including phenoxy) is 3. The fourth-order valence-corrected chi connectivity index (χ4v) is 2.58. The molecule has 0 spiro atoms. The van der Waals surface area contributed by atoms with Crippen LogP contribution in [0.3, 0.4) is 0 Å². The molecule has 1 aromatic rings. The molecule has 0 radical (unpaired) electrons. The van der Waals surface area contributed by atoms with Crippen molar-refractivity contribution in [2.75, 3.05) is 34.5 Å². The average molecular weight is 365 g/mol. The fourth-order valence-electron chi connectivity index (χ4n) is 2.58. The molecule has 146 valence electrons. The molecule has 0 saturated heterocycles. The zero-order valence-corrected chi connectivity index (χ0v) is 16.0. The summed E-state index contributed by atoms with van der Waals surface area (Å²) in [7, 11) is 4.67. The third kappa shape index (κ3) is 7.78. The van der Waals surface area contributed by atoms with Crippen molar-refractivity contribution in [1.29, 1.82) is 0 Å². The van der Waals surface area contributed by atoms with Gasteiger partial charge in [-0.2, -0.15) is 0 Å². The molecule has 0 fully saturated rings. The van der Waals surface area contributed by atoms with Gasteiger partial charge in [0.1, 0.15) is 0 Å². The second kappa shape index (κ2) is 13.1. The molecule has 0 aliphatic rings. The molecule has 0 unspecified atom stereocenters. The van der Waals surface area contributed by atoms with E-state index in [-0.39, 0.29) is 12.5 Å². The minimum Gasteiger partial charge on any atom is -0.493 e. The van der Waals surface area contributed by atoms with Crippen LogP contribution in [-0.4, -0.2) is 45.5 Å². The Hall–Kier alpha value is -2.21. The number of unbranched alkanes of at least 4 members (excludes halogenated alkanes) is 5. The lowest BCUT2D eigenvalue weighted by atomic mass is 10.1. The molecule has 0 saturated carbocycles. The van der Waals surface area contributed by atoms with Gasteiger partial charge in [0.15, 0.2) is 11.5 Å². The Kier molecular flexibility index (Phi) is 11.0. The molecule has 0 aromatic heterocycles. The van der Waals surface area contributed by atoms with Gasteiger partial charge in [-0.1, -0.05) is 25.7 Å². The summed E-state index contributed by atoms with van der Waals surface area (Å²) in [6.07, 6.45) is 9.48. The molecule has 0 atom stereocenters. The van der Waals surface area contributed by atoms with Crippen LogP contribution in [0.4, 0.5) is 0 Å². The third-order valence-corrected chi connectivity index (χ3v) is 4.00. The van der Waals surface area contributed by atoms with Crippen LogP contribution in [0.25, 0.3) is 6.08 Å². The summed E-state index contributed by atoms with van der Waals surface area (Å²) in [4.78, 5) is 11.9. The number of nitrogens with one attached hydrogen (secondary N) is 1. The Morgan fingerprint density at radius 3 is 2.08 bits per heavy atom. The maximum absolute atomic E-state index is 11.9. The molecule has 0 bridgehead atoms. The van der Waals surface area contributed by atoms with Crippen molar-refractivity contribution in [2.24, 2.45) is 0 Å². The van der Waals surface area contributed by atoms with Gasteiger partial charge in [0, 0.05) is 19.2 Å². The largest absolute Gasteiger partial charge is 0.493 e. The topological polar surface area (TPSA) is 77.0 Å². The second-order valence-electron chi connectivity index (χ2n) is 5.93. The Bertz CT molecular complexity index is 546. The number of hydrogen-bond acceptors (Lipinski definition) is 5. The predicted molar refractivity (Wildman–Crippen MR) is 103 cm³/mol. The van der Waals surface area contributed by atoms with Crippen molar-refractivity contribution in [3.05, 3.63) is 23.8 Å². The van der Waals surface area contributed by atoms with Crippen LogP contribution in [0.15, 0.2) is 18.2 Å². The van der Waals surface area contributed by atoms with Crippen LogP contribution in [0, 0.1) is 0 Å². The molecule has 1 amide bonds. The van der Waals surface area contributed by atoms with E-state index in [0.29, 0.717) is 23.8 Å². The highest BCUT2D eigenvalue weighted by Gasteiger charge is 2.12. The van der Waals surface area contributed by atoms with E-state index in [1.165, 1.54) is 6.08 Å². The third-order valence-electron chi connectivity index (χ3n) is 4.00. The molecule has 1 rings (SSSR count). The molecular formula is C20H31NO5. The highest BCUT2D eigenvalue weighted by molar-refractivity contribution is 5.91. The number of benzene rings is 1. The molecule has 0 aliphatic heterocycles. The van der Waals surface area contributed by atoms with Gasteiger partial charge in [-0.15, -0.1) is 0 Å². The molecule has 2 N–H and O–H groups in total. The number of methoxy groups -OCH3 is 3. The van der Waals surface area contributed by atoms with Crippen LogP contribution in [0.2, 0.25) is 0 Å². The lowest BCUT2D eigenvalue weighted by molar-refractivity contribution is -0.116. The summed E-state index contributed by atoms with van der Waals surface area (Å²) in [5, 5.41) is 11.6. The quantitative estimate of drug-likeness (QED) is 0.415. The van der Waals surface area contributed by atoms with Gasteiger partial charge in [0.05, 0.1) is 21.3 Å². The Morgan fingerprint density at radius 2 is 1.54 bits per heavy atom. The Balaban J connectivity index is 2.43. The monoisotopic (exact) mass is 365 g/mol. The highest BCUT2D eigenvalue weighted by atomic mass is 16.5. The zero-order valence-electron chi connectivity index (χ0n) is 16.0. The van der Waals surface area contributed by atoms with Crippen molar-refractivity contribution in [2.45, 2.75) is 38.5 Å². The van der Waals surface area contributed by atoms with E-state index in [4.69, 9.17) is 19.3 Å². The number of carbonyl (C=O) groups is 1. The molecule has 6 nitrogen and oxygen atoms in total. The summed E-state index contributed by atoms with van der Waals surface area (Å²) in [5.41, 5.74) is 0.790. The van der Waals surface area contributed by atoms with Crippen molar-refractivity contribution >= 4 is 12.0 Å². The number of hydrogen-bond donors (Lipinski definition) is 2. The SMILES string of the molecule is COc1cc(/C=C/C(=O)NCCCCCCCCO)cc(OC)c1OC. The molecule has 6 heteroatoms. The first kappa shape index (κ1) is 21.8. The van der Waals surface area contributed by atoms with Gasteiger partial charge in [-0.3, -0.25) is 4.79 Å². The summed E-state index contributed by atoms with van der Waals surface area (Å²) in [6, 6.07) is 3.58. The number of rotatable bonds is 13. The molecule has 0 heterocycles. The van der Waals surface area contributed by atoms with Gasteiger partial charge in [0.2, 0.25) is 11.7 Å². The molecule has 26 heavy (non-hydrogen) atoms. The van der Waals surface area contributed by atoms with Crippen LogP contribution in [-0.2, 0) is 4.79 Å². The van der Waals surface area contributed by atoms with Crippen LogP contribution >= 0.6 is 0 Å². The number of aliphatic hydroxyl groups is 1. The fraction of sp³-hybridized carbons (Fsp3) is 0.550. The van der Waals surface area contributed by atoms with Gasteiger partial charge in [-0.25, -0.2) is 0 Å². The van der Waals surface area contributed by atoms with Crippen LogP contribution in [0.1, 0.15) is 44.1 Å². The zero-order chi connectivity index (χ0) is 19.2. The standard InChI is InChI=1S/C20H31NO5/c1-24-17-14-16(15-18(25-2)20(17)26-3)10-11-19(23)21-12-8-6-4-5-7-9-13-22/h10-11,14-15,22H,4-9,12-13H2,1-3H3,(H,21,23)/b11-10+. The Morgan fingerprint density at radius 1 is 0.962 bits per heavy atom. The molecular weight excluding hydrogens is 334 g/mol. The number of carbonyl (C=O) groups excluding carboxylic acids is 1. The average Bonchev–Trinajstić information content (AvgIpc) is 2.67. The van der Waals surface area contributed by atoms with Gasteiger partial charge in [0.25, 0.3) is 0 Å². The summed E-state index contributed by atoms with van der Waals surface area (Å²) < 4.78 is 15.9. The minimum atomic E-state index is -0.126. The van der Waals surface area contributed by atoms with Crippen molar-refractivity contribution in [1.82, 2.24) is 5.32 Å². The van der Waals surface area contributed by atoms with Gasteiger partial charge < -0.3 is 24.6 Å². The van der Waals surface area contributed by atoms with E-state index in [9.17, 15) is 4.79 Å². The summed E-state index contributed by atoms with van der Waals surface area (Å²) in [6.45, 7) is 0.937. The normalized spacial score (nSPS) is 10.8. The van der Waals surface area contributed by atoms with Crippen LogP contribution in [0.5, 0.6) is 17.2 Å². The first-order chi connectivity index (χ1) is 12.7. The lowest BCUT2D eigenvalue weighted by Crippen LogP contribution is -2.21. The number of amides is 1.